The van der Waals surface area contributed by atoms with Gasteiger partial charge in [0.05, 0.1) is 17.5 Å². The molecule has 0 atom stereocenters. The molecule has 6 nitrogen and oxygen atoms in total. The second kappa shape index (κ2) is 9.66. The summed E-state index contributed by atoms with van der Waals surface area (Å²) >= 11 is 5.91. The van der Waals surface area contributed by atoms with Crippen LogP contribution in [-0.2, 0) is 29.1 Å². The van der Waals surface area contributed by atoms with Crippen LogP contribution in [0.4, 0.5) is 5.69 Å². The highest BCUT2D eigenvalue weighted by Crippen LogP contribution is 2.17. The number of benzene rings is 3. The fraction of sp³-hybridized carbons (Fsp3) is 0.160. The molecule has 0 unspecified atom stereocenters. The Morgan fingerprint density at radius 2 is 1.66 bits per heavy atom. The van der Waals surface area contributed by atoms with Crippen molar-refractivity contribution in [3.8, 4) is 0 Å². The minimum Gasteiger partial charge on any atom is -0.352 e. The van der Waals surface area contributed by atoms with E-state index in [9.17, 15) is 9.59 Å². The van der Waals surface area contributed by atoms with E-state index >= 15 is 0 Å². The zero-order chi connectivity index (χ0) is 22.5. The summed E-state index contributed by atoms with van der Waals surface area (Å²) in [6.45, 7) is 2.45. The van der Waals surface area contributed by atoms with E-state index in [0.29, 0.717) is 17.4 Å². The highest BCUT2D eigenvalue weighted by atomic mass is 35.5. The molecule has 3 aromatic carbocycles. The fourth-order valence-corrected chi connectivity index (χ4v) is 3.55. The summed E-state index contributed by atoms with van der Waals surface area (Å²) in [5, 5.41) is 6.46. The molecule has 32 heavy (non-hydrogen) atoms. The number of amides is 2. The normalized spacial score (nSPS) is 10.8. The van der Waals surface area contributed by atoms with Crippen molar-refractivity contribution in [2.45, 2.75) is 26.4 Å². The second-order valence-corrected chi connectivity index (χ2v) is 8.03. The highest BCUT2D eigenvalue weighted by molar-refractivity contribution is 6.30. The van der Waals surface area contributed by atoms with Crippen molar-refractivity contribution >= 4 is 40.1 Å². The van der Waals surface area contributed by atoms with E-state index in [2.05, 4.69) is 15.6 Å². The Balaban J connectivity index is 1.48. The van der Waals surface area contributed by atoms with E-state index in [-0.39, 0.29) is 24.8 Å². The molecule has 0 bridgehead atoms. The van der Waals surface area contributed by atoms with E-state index in [4.69, 9.17) is 11.6 Å². The number of hydrogen-bond acceptors (Lipinski definition) is 3. The van der Waals surface area contributed by atoms with Crippen LogP contribution >= 0.6 is 11.6 Å². The van der Waals surface area contributed by atoms with Crippen molar-refractivity contribution in [3.63, 3.8) is 0 Å². The molecule has 0 saturated heterocycles. The Labute approximate surface area is 191 Å². The summed E-state index contributed by atoms with van der Waals surface area (Å²) in [6, 6.07) is 22.5. The molecule has 162 valence electrons. The third kappa shape index (κ3) is 5.34. The van der Waals surface area contributed by atoms with Gasteiger partial charge in [0.25, 0.3) is 0 Å². The lowest BCUT2D eigenvalue weighted by molar-refractivity contribution is -0.121. The van der Waals surface area contributed by atoms with Gasteiger partial charge < -0.3 is 15.2 Å². The Kier molecular flexibility index (Phi) is 6.52. The SMILES string of the molecule is Cc1ccc(NC(=O)Cn2c(CC(=O)NCc3ccc(Cl)cc3)nc3ccccc32)cc1. The van der Waals surface area contributed by atoms with Gasteiger partial charge in [-0.2, -0.15) is 0 Å². The Morgan fingerprint density at radius 1 is 0.938 bits per heavy atom. The number of hydrogen-bond donors (Lipinski definition) is 2. The maximum atomic E-state index is 12.7. The molecule has 4 rings (SSSR count). The van der Waals surface area contributed by atoms with Crippen molar-refractivity contribution in [1.82, 2.24) is 14.9 Å². The van der Waals surface area contributed by atoms with Crippen molar-refractivity contribution in [1.29, 1.82) is 0 Å². The number of para-hydroxylation sites is 2. The smallest absolute Gasteiger partial charge is 0.244 e. The van der Waals surface area contributed by atoms with Gasteiger partial charge in [0, 0.05) is 17.3 Å². The lowest BCUT2D eigenvalue weighted by Crippen LogP contribution is -2.27. The number of nitrogens with one attached hydrogen (secondary N) is 2. The lowest BCUT2D eigenvalue weighted by Gasteiger charge is -2.11. The molecule has 0 aliphatic rings. The molecule has 4 aromatic rings. The number of carbonyl (C=O) groups excluding carboxylic acids is 2. The molecule has 2 N–H and O–H groups in total. The van der Waals surface area contributed by atoms with Gasteiger partial charge in [0.2, 0.25) is 11.8 Å². The molecule has 0 aliphatic carbocycles. The van der Waals surface area contributed by atoms with Gasteiger partial charge >= 0.3 is 0 Å². The topological polar surface area (TPSA) is 76.0 Å². The molecule has 0 radical (unpaired) electrons. The fourth-order valence-electron chi connectivity index (χ4n) is 3.43. The minimum absolute atomic E-state index is 0.0637. The Hall–Kier alpha value is -3.64. The first kappa shape index (κ1) is 21.6. The summed E-state index contributed by atoms with van der Waals surface area (Å²) < 4.78 is 1.79. The summed E-state index contributed by atoms with van der Waals surface area (Å²) in [7, 11) is 0. The predicted octanol–water partition coefficient (Wildman–Crippen LogP) is 4.50. The molecule has 0 saturated carbocycles. The van der Waals surface area contributed by atoms with Crippen LogP contribution in [0.15, 0.2) is 72.8 Å². The number of anilines is 1. The van der Waals surface area contributed by atoms with Gasteiger partial charge in [-0.3, -0.25) is 9.59 Å². The third-order valence-electron chi connectivity index (χ3n) is 5.09. The predicted molar refractivity (Wildman–Crippen MR) is 127 cm³/mol. The number of halogens is 1. The number of nitrogens with zero attached hydrogens (tertiary/aromatic N) is 2. The van der Waals surface area contributed by atoms with E-state index in [1.165, 1.54) is 0 Å². The van der Waals surface area contributed by atoms with E-state index in [1.807, 2.05) is 67.6 Å². The van der Waals surface area contributed by atoms with Gasteiger partial charge in [-0.1, -0.05) is 53.6 Å². The summed E-state index contributed by atoms with van der Waals surface area (Å²) in [5.74, 6) is 0.189. The van der Waals surface area contributed by atoms with Crippen LogP contribution < -0.4 is 10.6 Å². The Bertz CT molecular complexity index is 1250. The number of carbonyl (C=O) groups is 2. The van der Waals surface area contributed by atoms with Crippen molar-refractivity contribution in [2.24, 2.45) is 0 Å². The average molecular weight is 447 g/mol. The maximum absolute atomic E-state index is 12.7. The van der Waals surface area contributed by atoms with Gasteiger partial charge in [0.15, 0.2) is 0 Å². The van der Waals surface area contributed by atoms with E-state index < -0.39 is 0 Å². The third-order valence-corrected chi connectivity index (χ3v) is 5.34. The number of rotatable bonds is 7. The van der Waals surface area contributed by atoms with Crippen LogP contribution in [0.1, 0.15) is 17.0 Å². The number of fused-ring (bicyclic) bond motifs is 1. The van der Waals surface area contributed by atoms with Crippen LogP contribution in [0.25, 0.3) is 11.0 Å². The molecule has 0 aliphatic heterocycles. The van der Waals surface area contributed by atoms with Gasteiger partial charge in [-0.05, 0) is 48.9 Å². The van der Waals surface area contributed by atoms with Crippen molar-refractivity contribution < 1.29 is 9.59 Å². The van der Waals surface area contributed by atoms with Crippen molar-refractivity contribution in [2.75, 3.05) is 5.32 Å². The van der Waals surface area contributed by atoms with Crippen LogP contribution in [0.5, 0.6) is 0 Å². The van der Waals surface area contributed by atoms with Gasteiger partial charge in [-0.25, -0.2) is 4.98 Å². The van der Waals surface area contributed by atoms with E-state index in [0.717, 1.165) is 27.8 Å². The first-order chi connectivity index (χ1) is 15.5. The van der Waals surface area contributed by atoms with Crippen LogP contribution in [0, 0.1) is 6.92 Å². The van der Waals surface area contributed by atoms with Crippen molar-refractivity contribution in [3.05, 3.63) is 94.8 Å². The molecular weight excluding hydrogens is 424 g/mol. The second-order valence-electron chi connectivity index (χ2n) is 7.60. The summed E-state index contributed by atoms with van der Waals surface area (Å²) in [4.78, 5) is 29.9. The molecule has 0 spiro atoms. The number of imidazole rings is 1. The van der Waals surface area contributed by atoms with Crippen LogP contribution in [0.3, 0.4) is 0 Å². The Morgan fingerprint density at radius 3 is 2.41 bits per heavy atom. The average Bonchev–Trinajstić information content (AvgIpc) is 3.12. The molecule has 2 amide bonds. The monoisotopic (exact) mass is 446 g/mol. The maximum Gasteiger partial charge on any atom is 0.244 e. The summed E-state index contributed by atoms with van der Waals surface area (Å²) in [6.07, 6.45) is 0.0695. The van der Waals surface area contributed by atoms with Gasteiger partial charge in [0.1, 0.15) is 12.4 Å². The first-order valence-corrected chi connectivity index (χ1v) is 10.7. The largest absolute Gasteiger partial charge is 0.352 e. The summed E-state index contributed by atoms with van der Waals surface area (Å²) in [5.41, 5.74) is 4.36. The van der Waals surface area contributed by atoms with Crippen LogP contribution in [0.2, 0.25) is 5.02 Å². The minimum atomic E-state index is -0.181. The molecule has 0 fully saturated rings. The molecule has 7 heteroatoms. The first-order valence-electron chi connectivity index (χ1n) is 10.3. The number of aryl methyl sites for hydroxylation is 1. The standard InChI is InChI=1S/C25H23ClN4O2/c1-17-6-12-20(13-7-17)28-25(32)16-30-22-5-3-2-4-21(22)29-23(30)14-24(31)27-15-18-8-10-19(26)11-9-18/h2-13H,14-16H2,1H3,(H,27,31)(H,28,32). The zero-order valence-corrected chi connectivity index (χ0v) is 18.4. The molecule has 1 heterocycles. The molecule has 1 aromatic heterocycles. The zero-order valence-electron chi connectivity index (χ0n) is 17.6. The quantitative estimate of drug-likeness (QED) is 0.439. The highest BCUT2D eigenvalue weighted by Gasteiger charge is 2.16. The van der Waals surface area contributed by atoms with E-state index in [1.54, 1.807) is 16.7 Å². The van der Waals surface area contributed by atoms with Crippen LogP contribution in [-0.4, -0.2) is 21.4 Å². The lowest BCUT2D eigenvalue weighted by atomic mass is 10.2. The molecular formula is C25H23ClN4O2. The number of aromatic nitrogens is 2. The van der Waals surface area contributed by atoms with Gasteiger partial charge in [-0.15, -0.1) is 0 Å².